The molecule has 0 saturated heterocycles. The third-order valence-corrected chi connectivity index (χ3v) is 4.94. The van der Waals surface area contributed by atoms with Crippen LogP contribution < -0.4 is 0 Å². The Labute approximate surface area is 85.7 Å². The lowest BCUT2D eigenvalue weighted by Gasteiger charge is -2.04. The summed E-state index contributed by atoms with van der Waals surface area (Å²) in [5, 5.41) is 0. The van der Waals surface area contributed by atoms with Crippen LogP contribution in [0.2, 0.25) is 0 Å². The molecule has 1 atom stereocenters. The molecule has 0 fully saturated rings. The van der Waals surface area contributed by atoms with Gasteiger partial charge < -0.3 is 4.74 Å². The lowest BCUT2D eigenvalue weighted by Crippen LogP contribution is -1.90. The number of ether oxygens (including phenoxy) is 1. The van der Waals surface area contributed by atoms with Gasteiger partial charge in [-0.3, -0.25) is 0 Å². The lowest BCUT2D eigenvalue weighted by molar-refractivity contribution is 0.122. The predicted octanol–water partition coefficient (Wildman–Crippen LogP) is 2.38. The van der Waals surface area contributed by atoms with Crippen LogP contribution in [0, 0.1) is 0 Å². The molecule has 0 bridgehead atoms. The molecule has 0 saturated carbocycles. The Hall–Kier alpha value is -0.100. The van der Waals surface area contributed by atoms with Gasteiger partial charge in [0.2, 0.25) is 0 Å². The molecule has 1 aromatic rings. The molecule has 1 aromatic heterocycles. The first-order valence-electron chi connectivity index (χ1n) is 3.52. The van der Waals surface area contributed by atoms with Crippen LogP contribution in [0.3, 0.4) is 0 Å². The highest BCUT2D eigenvalue weighted by atomic mass is 35.7. The van der Waals surface area contributed by atoms with E-state index in [0.717, 1.165) is 16.2 Å². The van der Waals surface area contributed by atoms with Crippen molar-refractivity contribution < 1.29 is 13.2 Å². The van der Waals surface area contributed by atoms with E-state index >= 15 is 0 Å². The van der Waals surface area contributed by atoms with E-state index in [-0.39, 0.29) is 10.3 Å². The zero-order valence-electron chi connectivity index (χ0n) is 7.15. The second-order valence-corrected chi connectivity index (χ2v) is 6.38. The van der Waals surface area contributed by atoms with E-state index in [2.05, 4.69) is 0 Å². The Morgan fingerprint density at radius 1 is 1.54 bits per heavy atom. The first-order valence-corrected chi connectivity index (χ1v) is 6.65. The first kappa shape index (κ1) is 11.0. The van der Waals surface area contributed by atoms with Crippen molar-refractivity contribution in [3.8, 4) is 0 Å². The predicted molar refractivity (Wildman–Crippen MR) is 52.8 cm³/mol. The van der Waals surface area contributed by atoms with Crippen LogP contribution in [0.4, 0.5) is 0 Å². The van der Waals surface area contributed by atoms with Gasteiger partial charge >= 0.3 is 0 Å². The Morgan fingerprint density at radius 2 is 2.15 bits per heavy atom. The third kappa shape index (κ3) is 2.67. The van der Waals surface area contributed by atoms with Crippen molar-refractivity contribution in [3.63, 3.8) is 0 Å². The maximum atomic E-state index is 10.9. The maximum absolute atomic E-state index is 10.9. The summed E-state index contributed by atoms with van der Waals surface area (Å²) < 4.78 is 27.0. The number of hydrogen-bond acceptors (Lipinski definition) is 4. The summed E-state index contributed by atoms with van der Waals surface area (Å²) in [5.41, 5.74) is 0. The number of hydrogen-bond donors (Lipinski definition) is 0. The topological polar surface area (TPSA) is 43.4 Å². The molecular weight excluding hydrogens is 232 g/mol. The molecule has 1 heterocycles. The van der Waals surface area contributed by atoms with Gasteiger partial charge in [-0.1, -0.05) is 0 Å². The average Bonchev–Trinajstić information content (AvgIpc) is 2.50. The summed E-state index contributed by atoms with van der Waals surface area (Å²) in [5.74, 6) is 0. The summed E-state index contributed by atoms with van der Waals surface area (Å²) in [4.78, 5) is 0.849. The molecule has 0 spiro atoms. The van der Waals surface area contributed by atoms with Crippen LogP contribution in [0.25, 0.3) is 0 Å². The van der Waals surface area contributed by atoms with Crippen LogP contribution in [-0.4, -0.2) is 15.5 Å². The number of thiophene rings is 1. The molecule has 3 nitrogen and oxygen atoms in total. The molecule has 0 N–H and O–H groups in total. The van der Waals surface area contributed by atoms with Crippen LogP contribution >= 0.6 is 22.0 Å². The van der Waals surface area contributed by atoms with Crippen molar-refractivity contribution >= 4 is 31.1 Å². The second-order valence-electron chi connectivity index (χ2n) is 2.47. The van der Waals surface area contributed by atoms with Gasteiger partial charge in [-0.15, -0.1) is 11.3 Å². The van der Waals surface area contributed by atoms with E-state index in [1.807, 2.05) is 6.92 Å². The van der Waals surface area contributed by atoms with Crippen LogP contribution in [0.15, 0.2) is 16.3 Å². The smallest absolute Gasteiger partial charge is 0.270 e. The number of rotatable bonds is 3. The molecule has 6 heteroatoms. The van der Waals surface area contributed by atoms with E-state index in [4.69, 9.17) is 15.4 Å². The first-order chi connectivity index (χ1) is 5.95. The van der Waals surface area contributed by atoms with Crippen molar-refractivity contribution in [2.45, 2.75) is 17.2 Å². The van der Waals surface area contributed by atoms with Gasteiger partial charge in [0.15, 0.2) is 0 Å². The highest BCUT2D eigenvalue weighted by Gasteiger charge is 2.15. The molecular formula is C7H9ClO3S2. The van der Waals surface area contributed by atoms with E-state index < -0.39 is 9.05 Å². The molecule has 0 aliphatic rings. The molecule has 0 aliphatic carbocycles. The Kier molecular flexibility index (Phi) is 3.34. The largest absolute Gasteiger partial charge is 0.376 e. The second kappa shape index (κ2) is 3.96. The van der Waals surface area contributed by atoms with Crippen molar-refractivity contribution in [1.29, 1.82) is 0 Å². The molecule has 74 valence electrons. The molecule has 0 amide bonds. The SMILES string of the molecule is COC(C)c1ccc(S(=O)(=O)Cl)s1. The van der Waals surface area contributed by atoms with Gasteiger partial charge in [0.05, 0.1) is 6.10 Å². The summed E-state index contributed by atoms with van der Waals surface area (Å²) in [6.07, 6.45) is -0.0998. The molecule has 0 aliphatic heterocycles. The third-order valence-electron chi connectivity index (χ3n) is 1.60. The quantitative estimate of drug-likeness (QED) is 0.762. The minimum atomic E-state index is -3.59. The molecule has 0 aromatic carbocycles. The van der Waals surface area contributed by atoms with E-state index in [1.54, 1.807) is 13.2 Å². The van der Waals surface area contributed by atoms with Crippen molar-refractivity contribution in [2.24, 2.45) is 0 Å². The Morgan fingerprint density at radius 3 is 2.54 bits per heavy atom. The normalized spacial score (nSPS) is 14.4. The van der Waals surface area contributed by atoms with Gasteiger partial charge in [-0.25, -0.2) is 8.42 Å². The van der Waals surface area contributed by atoms with Gasteiger partial charge in [-0.05, 0) is 19.1 Å². The average molecular weight is 241 g/mol. The maximum Gasteiger partial charge on any atom is 0.270 e. The highest BCUT2D eigenvalue weighted by Crippen LogP contribution is 2.29. The summed E-state index contributed by atoms with van der Waals surface area (Å²) >= 11 is 1.13. The lowest BCUT2D eigenvalue weighted by atomic mass is 10.3. The summed E-state index contributed by atoms with van der Waals surface area (Å²) in [6.45, 7) is 1.84. The van der Waals surface area contributed by atoms with Crippen LogP contribution in [0.5, 0.6) is 0 Å². The number of halogens is 1. The van der Waals surface area contributed by atoms with Crippen molar-refractivity contribution in [1.82, 2.24) is 0 Å². The highest BCUT2D eigenvalue weighted by molar-refractivity contribution is 8.15. The zero-order valence-corrected chi connectivity index (χ0v) is 9.54. The summed E-state index contributed by atoms with van der Waals surface area (Å²) in [7, 11) is 3.14. The van der Waals surface area contributed by atoms with Gasteiger partial charge in [0.25, 0.3) is 9.05 Å². The van der Waals surface area contributed by atoms with E-state index in [9.17, 15) is 8.42 Å². The van der Waals surface area contributed by atoms with Crippen LogP contribution in [0.1, 0.15) is 17.9 Å². The fraction of sp³-hybridized carbons (Fsp3) is 0.429. The minimum Gasteiger partial charge on any atom is -0.376 e. The Bertz CT molecular complexity index is 382. The van der Waals surface area contributed by atoms with Gasteiger partial charge in [0.1, 0.15) is 4.21 Å². The number of methoxy groups -OCH3 is 1. The molecule has 0 radical (unpaired) electrons. The van der Waals surface area contributed by atoms with E-state index in [1.165, 1.54) is 6.07 Å². The monoisotopic (exact) mass is 240 g/mol. The van der Waals surface area contributed by atoms with Gasteiger partial charge in [0, 0.05) is 22.7 Å². The van der Waals surface area contributed by atoms with Crippen LogP contribution in [-0.2, 0) is 13.8 Å². The van der Waals surface area contributed by atoms with E-state index in [0.29, 0.717) is 0 Å². The van der Waals surface area contributed by atoms with Crippen molar-refractivity contribution in [3.05, 3.63) is 17.0 Å². The zero-order chi connectivity index (χ0) is 10.1. The minimum absolute atomic E-state index is 0.0998. The summed E-state index contributed by atoms with van der Waals surface area (Å²) in [6, 6.07) is 3.19. The molecule has 13 heavy (non-hydrogen) atoms. The fourth-order valence-corrected chi connectivity index (χ4v) is 2.92. The van der Waals surface area contributed by atoms with Crippen molar-refractivity contribution in [2.75, 3.05) is 7.11 Å². The van der Waals surface area contributed by atoms with Gasteiger partial charge in [-0.2, -0.15) is 0 Å². The standard InChI is InChI=1S/C7H9ClO3S2/c1-5(11-2)6-3-4-7(12-6)13(8,9)10/h3-5H,1-2H3. The fourth-order valence-electron chi connectivity index (χ4n) is 0.800. The Balaban J connectivity index is 3.00. The molecule has 1 rings (SSSR count). The molecule has 1 unspecified atom stereocenters.